The van der Waals surface area contributed by atoms with Crippen LogP contribution in [0.4, 0.5) is 0 Å². The minimum atomic E-state index is -0.822. The van der Waals surface area contributed by atoms with Gasteiger partial charge in [0.1, 0.15) is 36.6 Å². The third kappa shape index (κ3) is 7.18. The van der Waals surface area contributed by atoms with Crippen molar-refractivity contribution in [2.45, 2.75) is 114 Å². The molecule has 1 N–H and O–H groups in total. The van der Waals surface area contributed by atoms with Gasteiger partial charge in [-0.25, -0.2) is 0 Å². The SMILES string of the molecule is C=CCO[C@@H]1[C@H]2OC(C)(C)O[C@H]2O[C@@H]1CN[C@@H](CC(=O)OCC)[C@@H]1O[C@@H]2OC(C)(C)O[C@@H]2[C@H]1OCc1ccccc1. The van der Waals surface area contributed by atoms with Gasteiger partial charge in [-0.15, -0.1) is 6.58 Å². The Morgan fingerprint density at radius 2 is 1.63 bits per heavy atom. The third-order valence-electron chi connectivity index (χ3n) is 7.48. The minimum absolute atomic E-state index is 0.0460. The highest BCUT2D eigenvalue weighted by Crippen LogP contribution is 2.41. The van der Waals surface area contributed by atoms with Crippen molar-refractivity contribution in [3.8, 4) is 0 Å². The van der Waals surface area contributed by atoms with E-state index < -0.39 is 66.8 Å². The molecule has 0 unspecified atom stereocenters. The van der Waals surface area contributed by atoms with Gasteiger partial charge in [0.2, 0.25) is 0 Å². The summed E-state index contributed by atoms with van der Waals surface area (Å²) in [4.78, 5) is 12.8. The second-order valence-corrected chi connectivity index (χ2v) is 11.6. The van der Waals surface area contributed by atoms with Crippen LogP contribution in [0.5, 0.6) is 0 Å². The van der Waals surface area contributed by atoms with E-state index in [1.807, 2.05) is 58.0 Å². The summed E-state index contributed by atoms with van der Waals surface area (Å²) < 4.78 is 54.7. The first-order valence-corrected chi connectivity index (χ1v) is 14.4. The van der Waals surface area contributed by atoms with Gasteiger partial charge < -0.3 is 47.9 Å². The number of hydrogen-bond acceptors (Lipinski definition) is 11. The van der Waals surface area contributed by atoms with Gasteiger partial charge in [-0.3, -0.25) is 4.79 Å². The highest BCUT2D eigenvalue weighted by Gasteiger charge is 2.58. The van der Waals surface area contributed by atoms with Crippen LogP contribution in [-0.4, -0.2) is 92.5 Å². The molecule has 1 aromatic rings. The summed E-state index contributed by atoms with van der Waals surface area (Å²) >= 11 is 0. The Morgan fingerprint density at radius 1 is 0.976 bits per heavy atom. The van der Waals surface area contributed by atoms with E-state index in [1.165, 1.54) is 0 Å². The van der Waals surface area contributed by atoms with Gasteiger partial charge in [0.15, 0.2) is 24.2 Å². The Labute approximate surface area is 241 Å². The van der Waals surface area contributed by atoms with Crippen molar-refractivity contribution in [2.75, 3.05) is 19.8 Å². The van der Waals surface area contributed by atoms with Crippen molar-refractivity contribution in [2.24, 2.45) is 0 Å². The molecule has 5 rings (SSSR count). The Bertz CT molecular complexity index is 1040. The number of hydrogen-bond donors (Lipinski definition) is 1. The summed E-state index contributed by atoms with van der Waals surface area (Å²) in [5.74, 6) is -1.95. The molecule has 0 aromatic heterocycles. The van der Waals surface area contributed by atoms with Crippen molar-refractivity contribution in [3.05, 3.63) is 48.6 Å². The standard InChI is InChI=1S/C30H43NO10/c1-7-14-34-23-20(36-27-25(23)38-29(3,4)40-27)16-31-19(15-21(32)33-8-2)22-24(35-17-18-12-10-9-11-13-18)26-28(37-22)41-30(5,6)39-26/h7,9-13,19-20,22-28,31H,1,8,14-17H2,2-6H3/t19-,20+,22-,23-,24-,25+,26+,27+,28+/m0/s1. The quantitative estimate of drug-likeness (QED) is 0.276. The molecule has 0 spiro atoms. The predicted octanol–water partition coefficient (Wildman–Crippen LogP) is 2.81. The fraction of sp³-hybridized carbons (Fsp3) is 0.700. The van der Waals surface area contributed by atoms with E-state index in [4.69, 9.17) is 42.6 Å². The molecule has 11 heteroatoms. The predicted molar refractivity (Wildman–Crippen MR) is 145 cm³/mol. The molecular formula is C30H43NO10. The maximum Gasteiger partial charge on any atom is 0.307 e. The molecule has 0 aliphatic carbocycles. The number of esters is 1. The first-order chi connectivity index (χ1) is 19.6. The van der Waals surface area contributed by atoms with Crippen LogP contribution in [0.3, 0.4) is 0 Å². The fourth-order valence-corrected chi connectivity index (χ4v) is 5.85. The summed E-state index contributed by atoms with van der Waals surface area (Å²) in [6, 6.07) is 9.37. The zero-order valence-corrected chi connectivity index (χ0v) is 24.5. The van der Waals surface area contributed by atoms with Gasteiger partial charge in [-0.1, -0.05) is 36.4 Å². The Morgan fingerprint density at radius 3 is 2.29 bits per heavy atom. The Balaban J connectivity index is 1.33. The van der Waals surface area contributed by atoms with Crippen LogP contribution in [0, 0.1) is 0 Å². The number of carbonyl (C=O) groups excluding carboxylic acids is 1. The largest absolute Gasteiger partial charge is 0.466 e. The van der Waals surface area contributed by atoms with Crippen LogP contribution >= 0.6 is 0 Å². The van der Waals surface area contributed by atoms with E-state index in [0.717, 1.165) is 5.56 Å². The summed E-state index contributed by atoms with van der Waals surface area (Å²) in [6.45, 7) is 14.2. The lowest BCUT2D eigenvalue weighted by Crippen LogP contribution is -2.52. The van der Waals surface area contributed by atoms with Crippen LogP contribution in [-0.2, 0) is 54.0 Å². The molecule has 4 aliphatic rings. The van der Waals surface area contributed by atoms with Crippen molar-refractivity contribution < 1.29 is 47.4 Å². The van der Waals surface area contributed by atoms with Crippen LogP contribution in [0.15, 0.2) is 43.0 Å². The molecule has 41 heavy (non-hydrogen) atoms. The summed E-state index contributed by atoms with van der Waals surface area (Å²) in [7, 11) is 0. The number of fused-ring (bicyclic) bond motifs is 2. The first kappa shape index (κ1) is 30.5. The van der Waals surface area contributed by atoms with Gasteiger partial charge in [0.25, 0.3) is 0 Å². The normalized spacial score (nSPS) is 35.6. The van der Waals surface area contributed by atoms with Crippen LogP contribution < -0.4 is 5.32 Å². The molecule has 1 aromatic carbocycles. The highest BCUT2D eigenvalue weighted by molar-refractivity contribution is 5.70. The van der Waals surface area contributed by atoms with Crippen LogP contribution in [0.25, 0.3) is 0 Å². The van der Waals surface area contributed by atoms with E-state index in [1.54, 1.807) is 13.0 Å². The Kier molecular flexibility index (Phi) is 9.49. The van der Waals surface area contributed by atoms with Crippen molar-refractivity contribution in [3.63, 3.8) is 0 Å². The maximum absolute atomic E-state index is 12.8. The molecule has 4 fully saturated rings. The minimum Gasteiger partial charge on any atom is -0.466 e. The topological polar surface area (TPSA) is 112 Å². The molecule has 0 amide bonds. The van der Waals surface area contributed by atoms with Crippen molar-refractivity contribution in [1.29, 1.82) is 0 Å². The van der Waals surface area contributed by atoms with Crippen molar-refractivity contribution >= 4 is 5.97 Å². The average Bonchev–Trinajstić information content (AvgIpc) is 3.59. The molecule has 0 radical (unpaired) electrons. The number of rotatable bonds is 13. The average molecular weight is 578 g/mol. The van der Waals surface area contributed by atoms with E-state index in [-0.39, 0.29) is 19.0 Å². The maximum atomic E-state index is 12.8. The number of carbonyl (C=O) groups is 1. The highest BCUT2D eigenvalue weighted by atomic mass is 16.9. The molecule has 0 saturated carbocycles. The molecular weight excluding hydrogens is 534 g/mol. The summed E-state index contributed by atoms with van der Waals surface area (Å²) in [5.41, 5.74) is 1.01. The van der Waals surface area contributed by atoms with Crippen molar-refractivity contribution in [1.82, 2.24) is 5.32 Å². The molecule has 11 nitrogen and oxygen atoms in total. The second-order valence-electron chi connectivity index (χ2n) is 11.6. The molecule has 4 heterocycles. The lowest BCUT2D eigenvalue weighted by Gasteiger charge is -2.32. The Hall–Kier alpha value is -1.93. The number of benzene rings is 1. The monoisotopic (exact) mass is 577 g/mol. The fourth-order valence-electron chi connectivity index (χ4n) is 5.85. The summed E-state index contributed by atoms with van der Waals surface area (Å²) in [5, 5.41) is 3.49. The summed E-state index contributed by atoms with van der Waals surface area (Å²) in [6.07, 6.45) is -2.26. The molecule has 4 aliphatic heterocycles. The second kappa shape index (κ2) is 12.7. The van der Waals surface area contributed by atoms with Gasteiger partial charge in [0.05, 0.1) is 26.2 Å². The molecule has 9 atom stereocenters. The van der Waals surface area contributed by atoms with Gasteiger partial charge in [0, 0.05) is 12.6 Å². The lowest BCUT2D eigenvalue weighted by atomic mass is 9.99. The zero-order chi connectivity index (χ0) is 29.2. The van der Waals surface area contributed by atoms with Crippen LogP contribution in [0.1, 0.15) is 46.6 Å². The van der Waals surface area contributed by atoms with E-state index >= 15 is 0 Å². The lowest BCUT2D eigenvalue weighted by molar-refractivity contribution is -0.224. The molecule has 0 bridgehead atoms. The van der Waals surface area contributed by atoms with Gasteiger partial charge in [-0.05, 0) is 40.2 Å². The smallest absolute Gasteiger partial charge is 0.307 e. The van der Waals surface area contributed by atoms with Crippen LogP contribution in [0.2, 0.25) is 0 Å². The molecule has 4 saturated heterocycles. The van der Waals surface area contributed by atoms with E-state index in [2.05, 4.69) is 11.9 Å². The first-order valence-electron chi connectivity index (χ1n) is 14.4. The third-order valence-corrected chi connectivity index (χ3v) is 7.48. The van der Waals surface area contributed by atoms with Gasteiger partial charge in [-0.2, -0.15) is 0 Å². The molecule has 228 valence electrons. The van der Waals surface area contributed by atoms with E-state index in [0.29, 0.717) is 19.8 Å². The number of ether oxygens (including phenoxy) is 9. The van der Waals surface area contributed by atoms with Gasteiger partial charge >= 0.3 is 5.97 Å². The zero-order valence-electron chi connectivity index (χ0n) is 24.5. The number of nitrogens with one attached hydrogen (secondary N) is 1. The van der Waals surface area contributed by atoms with E-state index in [9.17, 15) is 4.79 Å².